The van der Waals surface area contributed by atoms with E-state index in [2.05, 4.69) is 9.62 Å². The second kappa shape index (κ2) is 9.80. The summed E-state index contributed by atoms with van der Waals surface area (Å²) >= 11 is 0. The zero-order chi connectivity index (χ0) is 23.6. The van der Waals surface area contributed by atoms with Crippen molar-refractivity contribution in [3.63, 3.8) is 0 Å². The topological polar surface area (TPSA) is 99.2 Å². The highest BCUT2D eigenvalue weighted by molar-refractivity contribution is 7.88. The first-order chi connectivity index (χ1) is 15.7. The number of amides is 1. The molecule has 0 aromatic heterocycles. The Hall–Kier alpha value is -2.46. The summed E-state index contributed by atoms with van der Waals surface area (Å²) in [5.41, 5.74) is 2.76. The van der Waals surface area contributed by atoms with Crippen LogP contribution in [0.1, 0.15) is 29.2 Å². The minimum atomic E-state index is -3.28. The standard InChI is InChI=1S/C24H31N3O5S/c1-26(21(18-6-4-3-5-7-18)16-27-11-10-20(28)15-27)24(29)23-13-19-12-17(8-9-22(19)32-23)14-25-33(2,30)31/h3-9,12,20-21,23,25,28H,10-11,13-16H2,1-2H3/t20-,21?,23?/m0/s1. The van der Waals surface area contributed by atoms with Crippen molar-refractivity contribution in [2.75, 3.05) is 32.9 Å². The maximum atomic E-state index is 13.5. The number of rotatable bonds is 8. The lowest BCUT2D eigenvalue weighted by Gasteiger charge is -2.33. The molecule has 2 aliphatic rings. The van der Waals surface area contributed by atoms with Gasteiger partial charge in [-0.1, -0.05) is 42.5 Å². The van der Waals surface area contributed by atoms with E-state index in [-0.39, 0.29) is 24.6 Å². The highest BCUT2D eigenvalue weighted by atomic mass is 32.2. The quantitative estimate of drug-likeness (QED) is 0.600. The van der Waals surface area contributed by atoms with Crippen molar-refractivity contribution in [2.45, 2.75) is 37.6 Å². The second-order valence-electron chi connectivity index (χ2n) is 8.92. The number of hydrogen-bond acceptors (Lipinski definition) is 6. The van der Waals surface area contributed by atoms with Crippen LogP contribution in [0, 0.1) is 0 Å². The second-order valence-corrected chi connectivity index (χ2v) is 10.8. The number of benzene rings is 2. The molecule has 2 aliphatic heterocycles. The maximum Gasteiger partial charge on any atom is 0.264 e. The normalized spacial score (nSPS) is 21.4. The zero-order valence-corrected chi connectivity index (χ0v) is 19.8. The Morgan fingerprint density at radius 1 is 1.27 bits per heavy atom. The molecule has 2 unspecified atom stereocenters. The highest BCUT2D eigenvalue weighted by Crippen LogP contribution is 2.32. The van der Waals surface area contributed by atoms with Crippen molar-refractivity contribution >= 4 is 15.9 Å². The SMILES string of the molecule is CN(C(=O)C1Cc2cc(CNS(C)(=O)=O)ccc2O1)C(CN1CC[C@H](O)C1)c1ccccc1. The van der Waals surface area contributed by atoms with Crippen molar-refractivity contribution in [3.05, 3.63) is 65.2 Å². The first-order valence-electron chi connectivity index (χ1n) is 11.1. The fourth-order valence-corrected chi connectivity index (χ4v) is 4.92. The molecule has 33 heavy (non-hydrogen) atoms. The van der Waals surface area contributed by atoms with Crippen molar-refractivity contribution in [3.8, 4) is 5.75 Å². The third kappa shape index (κ3) is 5.92. The predicted molar refractivity (Wildman–Crippen MR) is 125 cm³/mol. The van der Waals surface area contributed by atoms with Crippen molar-refractivity contribution < 1.29 is 23.1 Å². The summed E-state index contributed by atoms with van der Waals surface area (Å²) in [6.07, 6.45) is 1.37. The Morgan fingerprint density at radius 3 is 2.70 bits per heavy atom. The van der Waals surface area contributed by atoms with Gasteiger partial charge >= 0.3 is 0 Å². The summed E-state index contributed by atoms with van der Waals surface area (Å²) in [7, 11) is -1.48. The summed E-state index contributed by atoms with van der Waals surface area (Å²) in [5, 5.41) is 9.93. The molecule has 0 saturated carbocycles. The number of sulfonamides is 1. The number of likely N-dealkylation sites (tertiary alicyclic amines) is 1. The van der Waals surface area contributed by atoms with Crippen LogP contribution in [-0.4, -0.2) is 74.4 Å². The van der Waals surface area contributed by atoms with Crippen molar-refractivity contribution in [2.24, 2.45) is 0 Å². The van der Waals surface area contributed by atoms with Gasteiger partial charge in [0.25, 0.3) is 5.91 Å². The molecular weight excluding hydrogens is 442 g/mol. The molecule has 0 radical (unpaired) electrons. The number of carbonyl (C=O) groups is 1. The molecule has 8 nitrogen and oxygen atoms in total. The largest absolute Gasteiger partial charge is 0.480 e. The van der Waals surface area contributed by atoms with Gasteiger partial charge in [0, 0.05) is 39.6 Å². The summed E-state index contributed by atoms with van der Waals surface area (Å²) in [6.45, 7) is 2.26. The van der Waals surface area contributed by atoms with Crippen LogP contribution in [-0.2, 0) is 27.8 Å². The summed E-state index contributed by atoms with van der Waals surface area (Å²) < 4.78 is 31.2. The van der Waals surface area contributed by atoms with Gasteiger partial charge in [-0.05, 0) is 29.2 Å². The Bertz CT molecular complexity index is 1090. The van der Waals surface area contributed by atoms with Crippen LogP contribution >= 0.6 is 0 Å². The lowest BCUT2D eigenvalue weighted by Crippen LogP contribution is -2.44. The van der Waals surface area contributed by atoms with E-state index in [1.165, 1.54) is 0 Å². The van der Waals surface area contributed by atoms with E-state index in [0.717, 1.165) is 35.9 Å². The van der Waals surface area contributed by atoms with Crippen LogP contribution in [0.15, 0.2) is 48.5 Å². The van der Waals surface area contributed by atoms with Crippen LogP contribution < -0.4 is 9.46 Å². The fourth-order valence-electron chi connectivity index (χ4n) is 4.49. The third-order valence-corrected chi connectivity index (χ3v) is 6.96. The van der Waals surface area contributed by atoms with E-state index in [0.29, 0.717) is 25.3 Å². The van der Waals surface area contributed by atoms with Gasteiger partial charge in [0.2, 0.25) is 10.0 Å². The highest BCUT2D eigenvalue weighted by Gasteiger charge is 2.35. The Labute approximate surface area is 195 Å². The van der Waals surface area contributed by atoms with E-state index in [1.807, 2.05) is 36.4 Å². The van der Waals surface area contributed by atoms with Gasteiger partial charge < -0.3 is 14.7 Å². The van der Waals surface area contributed by atoms with Gasteiger partial charge in [-0.15, -0.1) is 0 Å². The van der Waals surface area contributed by atoms with Crippen molar-refractivity contribution in [1.29, 1.82) is 0 Å². The molecule has 2 aromatic carbocycles. The molecular formula is C24H31N3O5S. The van der Waals surface area contributed by atoms with Gasteiger partial charge in [-0.3, -0.25) is 9.69 Å². The Kier molecular flexibility index (Phi) is 7.04. The zero-order valence-electron chi connectivity index (χ0n) is 19.0. The van der Waals surface area contributed by atoms with Gasteiger partial charge in [0.05, 0.1) is 18.4 Å². The molecule has 2 N–H and O–H groups in total. The van der Waals surface area contributed by atoms with Crippen LogP contribution in [0.5, 0.6) is 5.75 Å². The molecule has 4 rings (SSSR count). The number of fused-ring (bicyclic) bond motifs is 1. The predicted octanol–water partition coefficient (Wildman–Crippen LogP) is 1.31. The monoisotopic (exact) mass is 473 g/mol. The van der Waals surface area contributed by atoms with E-state index < -0.39 is 16.1 Å². The number of nitrogens with one attached hydrogen (secondary N) is 1. The number of nitrogens with zero attached hydrogens (tertiary/aromatic N) is 2. The fraction of sp³-hybridized carbons (Fsp3) is 0.458. The van der Waals surface area contributed by atoms with E-state index in [1.54, 1.807) is 24.1 Å². The summed E-state index contributed by atoms with van der Waals surface area (Å²) in [4.78, 5) is 17.4. The average Bonchev–Trinajstić information content (AvgIpc) is 3.40. The third-order valence-electron chi connectivity index (χ3n) is 6.29. The minimum absolute atomic E-state index is 0.101. The van der Waals surface area contributed by atoms with Crippen LogP contribution in [0.25, 0.3) is 0 Å². The number of ether oxygens (including phenoxy) is 1. The molecule has 1 fully saturated rings. The van der Waals surface area contributed by atoms with Gasteiger partial charge in [0.1, 0.15) is 5.75 Å². The lowest BCUT2D eigenvalue weighted by atomic mass is 10.0. The van der Waals surface area contributed by atoms with Gasteiger partial charge in [-0.25, -0.2) is 13.1 Å². The van der Waals surface area contributed by atoms with Crippen LogP contribution in [0.4, 0.5) is 0 Å². The smallest absolute Gasteiger partial charge is 0.264 e. The van der Waals surface area contributed by atoms with E-state index >= 15 is 0 Å². The number of carbonyl (C=O) groups excluding carboxylic acids is 1. The summed E-state index contributed by atoms with van der Waals surface area (Å²) in [5.74, 6) is 0.555. The molecule has 1 amide bonds. The molecule has 3 atom stereocenters. The molecule has 9 heteroatoms. The van der Waals surface area contributed by atoms with E-state index in [9.17, 15) is 18.3 Å². The molecule has 0 aliphatic carbocycles. The van der Waals surface area contributed by atoms with Gasteiger partial charge in [0.15, 0.2) is 6.10 Å². The number of hydrogen-bond donors (Lipinski definition) is 2. The number of aliphatic hydroxyl groups is 1. The minimum Gasteiger partial charge on any atom is -0.480 e. The average molecular weight is 474 g/mol. The van der Waals surface area contributed by atoms with Crippen LogP contribution in [0.3, 0.4) is 0 Å². The maximum absolute atomic E-state index is 13.5. The molecule has 0 spiro atoms. The van der Waals surface area contributed by atoms with Crippen molar-refractivity contribution in [1.82, 2.24) is 14.5 Å². The molecule has 0 bridgehead atoms. The van der Waals surface area contributed by atoms with Crippen LogP contribution in [0.2, 0.25) is 0 Å². The Balaban J connectivity index is 1.46. The first kappa shape index (κ1) is 23.7. The molecule has 2 heterocycles. The molecule has 2 aromatic rings. The molecule has 178 valence electrons. The number of β-amino-alcohol motifs (C(OH)–C–C–N with tert-alkyl or cyclic N) is 1. The number of likely N-dealkylation sites (N-methyl/N-ethyl adjacent to an activating group) is 1. The first-order valence-corrected chi connectivity index (χ1v) is 13.0. The number of aliphatic hydroxyl groups excluding tert-OH is 1. The molecule has 1 saturated heterocycles. The lowest BCUT2D eigenvalue weighted by molar-refractivity contribution is -0.139. The summed E-state index contributed by atoms with van der Waals surface area (Å²) in [6, 6.07) is 15.3. The Morgan fingerprint density at radius 2 is 2.03 bits per heavy atom. The van der Waals surface area contributed by atoms with Gasteiger partial charge in [-0.2, -0.15) is 0 Å². The van der Waals surface area contributed by atoms with E-state index in [4.69, 9.17) is 4.74 Å².